The van der Waals surface area contributed by atoms with Crippen molar-refractivity contribution in [1.82, 2.24) is 4.90 Å². The molecule has 2 fully saturated rings. The summed E-state index contributed by atoms with van der Waals surface area (Å²) in [7, 11) is 1.41. The van der Waals surface area contributed by atoms with Gasteiger partial charge in [0.1, 0.15) is 5.54 Å². The van der Waals surface area contributed by atoms with Crippen LogP contribution in [-0.4, -0.2) is 35.5 Å². The first kappa shape index (κ1) is 16.8. The van der Waals surface area contributed by atoms with E-state index in [1.54, 1.807) is 0 Å². The maximum Gasteiger partial charge on any atom is 0.331 e. The van der Waals surface area contributed by atoms with Gasteiger partial charge in [0.15, 0.2) is 0 Å². The number of carbonyl (C=O) groups excluding carboxylic acids is 2. The minimum Gasteiger partial charge on any atom is -0.467 e. The first-order valence-electron chi connectivity index (χ1n) is 9.05. The Kier molecular flexibility index (Phi) is 3.87. The molecule has 2 aromatic rings. The van der Waals surface area contributed by atoms with E-state index in [1.807, 2.05) is 53.4 Å². The number of amides is 1. The molecule has 3 unspecified atom stereocenters. The number of ether oxygens (including phenoxy) is 1. The Morgan fingerprint density at radius 3 is 2.27 bits per heavy atom. The molecule has 0 aromatic heterocycles. The highest BCUT2D eigenvalue weighted by atomic mass is 16.5. The van der Waals surface area contributed by atoms with Gasteiger partial charge in [-0.3, -0.25) is 4.79 Å². The molecule has 2 aromatic carbocycles. The molecular weight excluding hydrogens is 326 g/mol. The summed E-state index contributed by atoms with van der Waals surface area (Å²) < 4.78 is 5.17. The quantitative estimate of drug-likeness (QED) is 0.796. The SMILES string of the molecule is COC(=O)C12CCC(N1C(=O)c1ccccc1)C(C)(c1ccccc1)C2. The molecule has 0 radical (unpaired) electrons. The molecule has 3 atom stereocenters. The Labute approximate surface area is 153 Å². The summed E-state index contributed by atoms with van der Waals surface area (Å²) in [6.07, 6.45) is 2.06. The van der Waals surface area contributed by atoms with Crippen molar-refractivity contribution >= 4 is 11.9 Å². The van der Waals surface area contributed by atoms with Crippen LogP contribution in [0, 0.1) is 0 Å². The van der Waals surface area contributed by atoms with E-state index in [4.69, 9.17) is 4.74 Å². The van der Waals surface area contributed by atoms with Crippen molar-refractivity contribution in [3.05, 3.63) is 71.8 Å². The molecule has 2 bridgehead atoms. The molecule has 2 heterocycles. The summed E-state index contributed by atoms with van der Waals surface area (Å²) in [6.45, 7) is 2.17. The number of hydrogen-bond acceptors (Lipinski definition) is 3. The van der Waals surface area contributed by atoms with Crippen LogP contribution < -0.4 is 0 Å². The van der Waals surface area contributed by atoms with Crippen LogP contribution in [0.1, 0.15) is 42.1 Å². The molecule has 0 N–H and O–H groups in total. The van der Waals surface area contributed by atoms with Gasteiger partial charge in [-0.05, 0) is 37.0 Å². The minimum atomic E-state index is -0.878. The van der Waals surface area contributed by atoms with Gasteiger partial charge in [0.25, 0.3) is 5.91 Å². The Hall–Kier alpha value is -2.62. The van der Waals surface area contributed by atoms with E-state index < -0.39 is 5.54 Å². The smallest absolute Gasteiger partial charge is 0.331 e. The summed E-state index contributed by atoms with van der Waals surface area (Å²) >= 11 is 0. The van der Waals surface area contributed by atoms with Crippen LogP contribution in [0.3, 0.4) is 0 Å². The molecule has 4 heteroatoms. The maximum absolute atomic E-state index is 13.4. The standard InChI is InChI=1S/C22H23NO3/c1-21(17-11-7-4-8-12-17)15-22(20(25)26-2)14-13-18(21)23(22)19(24)16-9-5-3-6-10-16/h3-12,18H,13-15H2,1-2H3. The fourth-order valence-corrected chi connectivity index (χ4v) is 5.06. The number of nitrogens with zero attached hydrogens (tertiary/aromatic N) is 1. The molecule has 134 valence electrons. The van der Waals surface area contributed by atoms with Gasteiger partial charge in [-0.15, -0.1) is 0 Å². The van der Waals surface area contributed by atoms with E-state index in [-0.39, 0.29) is 23.3 Å². The molecule has 2 aliphatic rings. The van der Waals surface area contributed by atoms with Crippen LogP contribution in [-0.2, 0) is 14.9 Å². The summed E-state index contributed by atoms with van der Waals surface area (Å²) in [4.78, 5) is 28.0. The summed E-state index contributed by atoms with van der Waals surface area (Å²) in [5, 5.41) is 0. The van der Waals surface area contributed by atoms with E-state index >= 15 is 0 Å². The van der Waals surface area contributed by atoms with Crippen molar-refractivity contribution in [3.8, 4) is 0 Å². The van der Waals surface area contributed by atoms with Gasteiger partial charge >= 0.3 is 5.97 Å². The summed E-state index contributed by atoms with van der Waals surface area (Å²) in [5.41, 5.74) is 0.640. The van der Waals surface area contributed by atoms with Crippen molar-refractivity contribution in [1.29, 1.82) is 0 Å². The molecule has 2 aliphatic heterocycles. The van der Waals surface area contributed by atoms with Gasteiger partial charge < -0.3 is 9.64 Å². The van der Waals surface area contributed by atoms with Crippen molar-refractivity contribution < 1.29 is 14.3 Å². The van der Waals surface area contributed by atoms with Crippen molar-refractivity contribution in [3.63, 3.8) is 0 Å². The highest BCUT2D eigenvalue weighted by molar-refractivity contribution is 5.99. The third-order valence-electron chi connectivity index (χ3n) is 6.24. The molecule has 26 heavy (non-hydrogen) atoms. The van der Waals surface area contributed by atoms with E-state index in [0.717, 1.165) is 6.42 Å². The number of carbonyl (C=O) groups is 2. The molecule has 4 rings (SSSR count). The third kappa shape index (κ3) is 2.21. The number of methoxy groups -OCH3 is 1. The van der Waals surface area contributed by atoms with Crippen LogP contribution in [0.15, 0.2) is 60.7 Å². The predicted molar refractivity (Wildman–Crippen MR) is 98.8 cm³/mol. The van der Waals surface area contributed by atoms with E-state index in [1.165, 1.54) is 12.7 Å². The van der Waals surface area contributed by atoms with Crippen LogP contribution in [0.4, 0.5) is 0 Å². The molecular formula is C22H23NO3. The summed E-state index contributed by atoms with van der Waals surface area (Å²) in [5.74, 6) is -0.387. The van der Waals surface area contributed by atoms with Gasteiger partial charge in [0, 0.05) is 17.0 Å². The second-order valence-electron chi connectivity index (χ2n) is 7.58. The zero-order valence-electron chi connectivity index (χ0n) is 15.1. The monoisotopic (exact) mass is 349 g/mol. The lowest BCUT2D eigenvalue weighted by atomic mass is 9.67. The second kappa shape index (κ2) is 5.97. The van der Waals surface area contributed by atoms with E-state index in [9.17, 15) is 9.59 Å². The van der Waals surface area contributed by atoms with Gasteiger partial charge in [0.2, 0.25) is 0 Å². The number of hydrogen-bond donors (Lipinski definition) is 0. The number of rotatable bonds is 3. The minimum absolute atomic E-state index is 0.0169. The van der Waals surface area contributed by atoms with Gasteiger partial charge in [-0.25, -0.2) is 4.79 Å². The fourth-order valence-electron chi connectivity index (χ4n) is 5.06. The first-order valence-corrected chi connectivity index (χ1v) is 9.05. The van der Waals surface area contributed by atoms with Crippen LogP contribution in [0.25, 0.3) is 0 Å². The number of esters is 1. The Bertz CT molecular complexity index is 835. The topological polar surface area (TPSA) is 46.6 Å². The number of fused-ring (bicyclic) bond motifs is 2. The lowest BCUT2D eigenvalue weighted by molar-refractivity contribution is -0.151. The van der Waals surface area contributed by atoms with Crippen molar-refractivity contribution in [2.75, 3.05) is 7.11 Å². The molecule has 0 saturated carbocycles. The molecule has 0 spiro atoms. The van der Waals surface area contributed by atoms with Crippen molar-refractivity contribution in [2.24, 2.45) is 0 Å². The highest BCUT2D eigenvalue weighted by Gasteiger charge is 2.67. The maximum atomic E-state index is 13.4. The van der Waals surface area contributed by atoms with Crippen LogP contribution >= 0.6 is 0 Å². The fraction of sp³-hybridized carbons (Fsp3) is 0.364. The third-order valence-corrected chi connectivity index (χ3v) is 6.24. The van der Waals surface area contributed by atoms with Gasteiger partial charge in [-0.2, -0.15) is 0 Å². The van der Waals surface area contributed by atoms with Crippen molar-refractivity contribution in [2.45, 2.75) is 43.2 Å². The van der Waals surface area contributed by atoms with Crippen LogP contribution in [0.5, 0.6) is 0 Å². The molecule has 0 aliphatic carbocycles. The lowest BCUT2D eigenvalue weighted by Gasteiger charge is -2.34. The second-order valence-corrected chi connectivity index (χ2v) is 7.58. The predicted octanol–water partition coefficient (Wildman–Crippen LogP) is 3.56. The Morgan fingerprint density at radius 2 is 1.65 bits per heavy atom. The number of benzene rings is 2. The largest absolute Gasteiger partial charge is 0.467 e. The molecule has 2 saturated heterocycles. The Balaban J connectivity index is 1.82. The highest BCUT2D eigenvalue weighted by Crippen LogP contribution is 2.57. The molecule has 4 nitrogen and oxygen atoms in total. The van der Waals surface area contributed by atoms with Gasteiger partial charge in [0.05, 0.1) is 7.11 Å². The van der Waals surface area contributed by atoms with E-state index in [0.29, 0.717) is 18.4 Å². The lowest BCUT2D eigenvalue weighted by Crippen LogP contribution is -2.51. The molecule has 1 amide bonds. The zero-order valence-corrected chi connectivity index (χ0v) is 15.1. The average Bonchev–Trinajstić information content (AvgIpc) is 3.20. The Morgan fingerprint density at radius 1 is 1.04 bits per heavy atom. The summed E-state index contributed by atoms with van der Waals surface area (Å²) in [6, 6.07) is 19.4. The van der Waals surface area contributed by atoms with Crippen LogP contribution in [0.2, 0.25) is 0 Å². The van der Waals surface area contributed by atoms with Gasteiger partial charge in [-0.1, -0.05) is 55.5 Å². The first-order chi connectivity index (χ1) is 12.5. The zero-order chi connectivity index (χ0) is 18.4. The normalized spacial score (nSPS) is 29.6. The average molecular weight is 349 g/mol. The van der Waals surface area contributed by atoms with E-state index in [2.05, 4.69) is 19.1 Å².